The molecule has 7 heteroatoms. The Morgan fingerprint density at radius 3 is 2.92 bits per heavy atom. The Kier molecular flexibility index (Phi) is 8.39. The number of pyridine rings is 1. The molecule has 0 radical (unpaired) electrons. The third kappa shape index (κ3) is 6.56. The predicted molar refractivity (Wildman–Crippen MR) is 140 cm³/mol. The fourth-order valence-corrected chi connectivity index (χ4v) is 5.87. The van der Waals surface area contributed by atoms with E-state index < -0.39 is 5.97 Å². The van der Waals surface area contributed by atoms with Crippen molar-refractivity contribution in [2.24, 2.45) is 5.92 Å². The summed E-state index contributed by atoms with van der Waals surface area (Å²) in [5.74, 6) is 1.67. The van der Waals surface area contributed by atoms with Crippen molar-refractivity contribution in [3.8, 4) is 5.75 Å². The number of hydrogen-bond acceptors (Lipinski definition) is 6. The molecule has 3 aliphatic heterocycles. The van der Waals surface area contributed by atoms with Crippen LogP contribution in [-0.4, -0.2) is 66.5 Å². The molecule has 2 saturated heterocycles. The molecule has 5 rings (SSSR count). The molecule has 1 aromatic heterocycles. The van der Waals surface area contributed by atoms with Crippen molar-refractivity contribution < 1.29 is 19.4 Å². The number of aliphatic carboxylic acids is 1. The van der Waals surface area contributed by atoms with Gasteiger partial charge in [-0.1, -0.05) is 24.3 Å². The van der Waals surface area contributed by atoms with Crippen molar-refractivity contribution in [3.05, 3.63) is 53.2 Å². The van der Waals surface area contributed by atoms with E-state index in [9.17, 15) is 9.90 Å². The minimum Gasteiger partial charge on any atom is -0.490 e. The number of aromatic nitrogens is 1. The van der Waals surface area contributed by atoms with Gasteiger partial charge in [-0.15, -0.1) is 0 Å². The highest BCUT2D eigenvalue weighted by Crippen LogP contribution is 2.33. The molecule has 0 saturated carbocycles. The lowest BCUT2D eigenvalue weighted by molar-refractivity contribution is -0.137. The van der Waals surface area contributed by atoms with E-state index in [1.165, 1.54) is 17.7 Å². The maximum Gasteiger partial charge on any atom is 0.304 e. The number of aryl methyl sites for hydroxylation is 2. The zero-order chi connectivity index (χ0) is 24.7. The van der Waals surface area contributed by atoms with Gasteiger partial charge in [0.2, 0.25) is 0 Å². The molecule has 0 bridgehead atoms. The molecule has 194 valence electrons. The number of nitrogens with one attached hydrogen (secondary N) is 1. The number of carboxylic acid groups (broad SMARTS) is 1. The van der Waals surface area contributed by atoms with Gasteiger partial charge in [0, 0.05) is 44.1 Å². The molecular weight excluding hydrogens is 454 g/mol. The Labute approximate surface area is 214 Å². The van der Waals surface area contributed by atoms with Crippen molar-refractivity contribution >= 4 is 11.8 Å². The first-order chi connectivity index (χ1) is 17.6. The summed E-state index contributed by atoms with van der Waals surface area (Å²) in [6, 6.07) is 12.4. The zero-order valence-corrected chi connectivity index (χ0v) is 21.2. The third-order valence-electron chi connectivity index (χ3n) is 7.85. The number of rotatable bonds is 10. The number of carbonyl (C=O) groups is 1. The summed E-state index contributed by atoms with van der Waals surface area (Å²) in [6.45, 7) is 5.24. The summed E-state index contributed by atoms with van der Waals surface area (Å²) < 4.78 is 11.8. The average Bonchev–Trinajstić information content (AvgIpc) is 3.35. The lowest BCUT2D eigenvalue weighted by Crippen LogP contribution is -2.29. The first kappa shape index (κ1) is 25.0. The molecular formula is C29H39N3O4. The van der Waals surface area contributed by atoms with Crippen LogP contribution in [0.3, 0.4) is 0 Å². The number of para-hydroxylation sites is 1. The van der Waals surface area contributed by atoms with Gasteiger partial charge in [-0.25, -0.2) is 4.98 Å². The van der Waals surface area contributed by atoms with E-state index in [-0.39, 0.29) is 18.4 Å². The van der Waals surface area contributed by atoms with Crippen molar-refractivity contribution in [2.45, 2.75) is 63.4 Å². The summed E-state index contributed by atoms with van der Waals surface area (Å²) in [7, 11) is 0. The van der Waals surface area contributed by atoms with Crippen LogP contribution in [-0.2, 0) is 22.4 Å². The topological polar surface area (TPSA) is 83.9 Å². The summed E-state index contributed by atoms with van der Waals surface area (Å²) in [4.78, 5) is 19.1. The van der Waals surface area contributed by atoms with Gasteiger partial charge in [0.15, 0.2) is 0 Å². The van der Waals surface area contributed by atoms with Crippen LogP contribution in [0.15, 0.2) is 36.4 Å². The molecule has 0 spiro atoms. The van der Waals surface area contributed by atoms with Crippen LogP contribution in [0.1, 0.15) is 61.3 Å². The molecule has 0 aliphatic carbocycles. The molecule has 4 heterocycles. The molecule has 2 atom stereocenters. The Morgan fingerprint density at radius 1 is 1.19 bits per heavy atom. The predicted octanol–water partition coefficient (Wildman–Crippen LogP) is 4.51. The van der Waals surface area contributed by atoms with Gasteiger partial charge in [-0.2, -0.15) is 0 Å². The Hall–Kier alpha value is -2.64. The standard InChI is InChI=1S/C29H39N3O4/c33-28(34)18-23(26-5-1-2-6-27(26)36-25-12-16-35-17-13-25)20-32-15-11-21(19-32)7-9-24-10-8-22-4-3-14-30-29(22)31-24/h1-2,5-6,8,10,21,23,25H,3-4,7,9,11-20H2,(H,30,31)(H,33,34). The van der Waals surface area contributed by atoms with E-state index in [1.54, 1.807) is 0 Å². The maximum absolute atomic E-state index is 11.8. The molecule has 3 aliphatic rings. The number of likely N-dealkylation sites (tertiary alicyclic amines) is 1. The molecule has 7 nitrogen and oxygen atoms in total. The van der Waals surface area contributed by atoms with Gasteiger partial charge < -0.3 is 24.8 Å². The summed E-state index contributed by atoms with van der Waals surface area (Å²) in [6.07, 6.45) is 7.57. The quantitative estimate of drug-likeness (QED) is 0.504. The molecule has 36 heavy (non-hydrogen) atoms. The third-order valence-corrected chi connectivity index (χ3v) is 7.85. The Bertz CT molecular complexity index is 1020. The van der Waals surface area contributed by atoms with E-state index in [0.29, 0.717) is 5.92 Å². The van der Waals surface area contributed by atoms with E-state index >= 15 is 0 Å². The highest BCUT2D eigenvalue weighted by atomic mass is 16.5. The van der Waals surface area contributed by atoms with Gasteiger partial charge >= 0.3 is 5.97 Å². The minimum absolute atomic E-state index is 0.0920. The summed E-state index contributed by atoms with van der Waals surface area (Å²) >= 11 is 0. The SMILES string of the molecule is O=C(O)CC(CN1CCC(CCc2ccc3c(n2)NCCC3)C1)c1ccccc1OC1CCOCC1. The molecule has 2 aromatic rings. The lowest BCUT2D eigenvalue weighted by atomic mass is 9.94. The number of benzene rings is 1. The number of nitrogens with zero attached hydrogens (tertiary/aromatic N) is 2. The van der Waals surface area contributed by atoms with E-state index in [0.717, 1.165) is 95.0 Å². The van der Waals surface area contributed by atoms with Gasteiger partial charge in [-0.3, -0.25) is 4.79 Å². The first-order valence-electron chi connectivity index (χ1n) is 13.6. The van der Waals surface area contributed by atoms with Gasteiger partial charge in [-0.05, 0) is 67.8 Å². The van der Waals surface area contributed by atoms with E-state index in [4.69, 9.17) is 14.5 Å². The van der Waals surface area contributed by atoms with Crippen LogP contribution >= 0.6 is 0 Å². The van der Waals surface area contributed by atoms with Crippen LogP contribution in [0.25, 0.3) is 0 Å². The van der Waals surface area contributed by atoms with Crippen LogP contribution in [0.4, 0.5) is 5.82 Å². The lowest BCUT2D eigenvalue weighted by Gasteiger charge is -2.28. The first-order valence-corrected chi connectivity index (χ1v) is 13.6. The van der Waals surface area contributed by atoms with Crippen LogP contribution < -0.4 is 10.1 Å². The number of fused-ring (bicyclic) bond motifs is 1. The molecule has 2 fully saturated rings. The summed E-state index contributed by atoms with van der Waals surface area (Å²) in [5.41, 5.74) is 3.52. The van der Waals surface area contributed by atoms with Crippen molar-refractivity contribution in [3.63, 3.8) is 0 Å². The fourth-order valence-electron chi connectivity index (χ4n) is 5.87. The number of ether oxygens (including phenoxy) is 2. The second-order valence-electron chi connectivity index (χ2n) is 10.6. The second kappa shape index (κ2) is 12.1. The normalized spacial score (nSPS) is 21.5. The highest BCUT2D eigenvalue weighted by molar-refractivity contribution is 5.68. The number of anilines is 1. The number of carboxylic acids is 1. The second-order valence-corrected chi connectivity index (χ2v) is 10.6. The van der Waals surface area contributed by atoms with Crippen LogP contribution in [0.5, 0.6) is 5.75 Å². The fraction of sp³-hybridized carbons (Fsp3) is 0.586. The zero-order valence-electron chi connectivity index (χ0n) is 21.2. The molecule has 2 N–H and O–H groups in total. The minimum atomic E-state index is -0.760. The van der Waals surface area contributed by atoms with Crippen LogP contribution in [0, 0.1) is 5.92 Å². The largest absolute Gasteiger partial charge is 0.490 e. The smallest absolute Gasteiger partial charge is 0.304 e. The molecule has 2 unspecified atom stereocenters. The van der Waals surface area contributed by atoms with E-state index in [2.05, 4.69) is 22.3 Å². The molecule has 1 aromatic carbocycles. The molecule has 0 amide bonds. The monoisotopic (exact) mass is 493 g/mol. The highest BCUT2D eigenvalue weighted by Gasteiger charge is 2.28. The maximum atomic E-state index is 11.8. The van der Waals surface area contributed by atoms with E-state index in [1.807, 2.05) is 24.3 Å². The van der Waals surface area contributed by atoms with Crippen molar-refractivity contribution in [1.82, 2.24) is 9.88 Å². The Balaban J connectivity index is 1.19. The average molecular weight is 494 g/mol. The van der Waals surface area contributed by atoms with Crippen molar-refractivity contribution in [1.29, 1.82) is 0 Å². The summed E-state index contributed by atoms with van der Waals surface area (Å²) in [5, 5.41) is 13.1. The van der Waals surface area contributed by atoms with Crippen molar-refractivity contribution in [2.75, 3.05) is 44.7 Å². The number of hydrogen-bond donors (Lipinski definition) is 2. The van der Waals surface area contributed by atoms with Crippen LogP contribution in [0.2, 0.25) is 0 Å². The van der Waals surface area contributed by atoms with Gasteiger partial charge in [0.05, 0.1) is 19.6 Å². The van der Waals surface area contributed by atoms with Gasteiger partial charge in [0.25, 0.3) is 0 Å². The van der Waals surface area contributed by atoms with Gasteiger partial charge in [0.1, 0.15) is 17.7 Å². The Morgan fingerprint density at radius 2 is 2.06 bits per heavy atom.